The number of fused-ring (bicyclic) bond motifs is 1. The summed E-state index contributed by atoms with van der Waals surface area (Å²) < 4.78 is 0. The third-order valence-electron chi connectivity index (χ3n) is 10.8. The van der Waals surface area contributed by atoms with E-state index in [1.54, 1.807) is 0 Å². The summed E-state index contributed by atoms with van der Waals surface area (Å²) in [6, 6.07) is 12.2. The Balaban J connectivity index is 1.09. The monoisotopic (exact) mass is 663 g/mol. The number of halogens is 1. The molecule has 4 amide bonds. The maximum Gasteiger partial charge on any atom is 0.322 e. The van der Waals surface area contributed by atoms with E-state index in [2.05, 4.69) is 22.2 Å². The summed E-state index contributed by atoms with van der Waals surface area (Å²) in [5, 5.41) is 3.49. The number of hydrogen-bond donors (Lipinski definition) is 2. The number of carbonyl (C=O) groups excluding carboxylic acids is 3. The number of benzene rings is 2. The molecule has 3 fully saturated rings. The minimum atomic E-state index is -0.480. The van der Waals surface area contributed by atoms with Crippen molar-refractivity contribution in [1.29, 1.82) is 0 Å². The minimum Gasteiger partial charge on any atom is -0.397 e. The molecule has 0 spiro atoms. The maximum atomic E-state index is 14.2. The summed E-state index contributed by atoms with van der Waals surface area (Å²) in [6.07, 6.45) is 5.13. The van der Waals surface area contributed by atoms with Gasteiger partial charge in [-0.1, -0.05) is 35.9 Å². The van der Waals surface area contributed by atoms with Gasteiger partial charge in [-0.05, 0) is 94.4 Å². The van der Waals surface area contributed by atoms with E-state index in [4.69, 9.17) is 17.3 Å². The van der Waals surface area contributed by atoms with Gasteiger partial charge in [-0.2, -0.15) is 0 Å². The van der Waals surface area contributed by atoms with Gasteiger partial charge in [-0.25, -0.2) is 4.79 Å². The molecule has 4 aliphatic heterocycles. The highest BCUT2D eigenvalue weighted by Crippen LogP contribution is 2.30. The lowest BCUT2D eigenvalue weighted by Gasteiger charge is -2.41. The molecule has 0 aliphatic carbocycles. The van der Waals surface area contributed by atoms with Gasteiger partial charge in [0, 0.05) is 70.0 Å². The Bertz CT molecular complexity index is 1430. The van der Waals surface area contributed by atoms with E-state index in [0.29, 0.717) is 68.7 Å². The highest BCUT2D eigenvalue weighted by Gasteiger charge is 2.36. The van der Waals surface area contributed by atoms with E-state index in [0.717, 1.165) is 61.4 Å². The van der Waals surface area contributed by atoms with E-state index in [9.17, 15) is 14.4 Å². The minimum absolute atomic E-state index is 0.00271. The number of rotatable bonds is 7. The van der Waals surface area contributed by atoms with Crippen LogP contribution in [0.4, 0.5) is 16.2 Å². The number of likely N-dealkylation sites (N-methyl/N-ethyl adjacent to an activating group) is 1. The number of piperidine rings is 2. The highest BCUT2D eigenvalue weighted by atomic mass is 35.5. The van der Waals surface area contributed by atoms with Crippen LogP contribution in [0.15, 0.2) is 36.4 Å². The normalized spacial score (nSPS) is 21.3. The van der Waals surface area contributed by atoms with Crippen molar-refractivity contribution in [3.8, 4) is 0 Å². The lowest BCUT2D eigenvalue weighted by Crippen LogP contribution is -2.52. The summed E-state index contributed by atoms with van der Waals surface area (Å²) in [5.74, 6) is -0.430. The predicted octanol–water partition coefficient (Wildman–Crippen LogP) is 4.45. The molecule has 0 radical (unpaired) electrons. The van der Waals surface area contributed by atoms with Crippen molar-refractivity contribution < 1.29 is 14.4 Å². The molecule has 6 rings (SSSR count). The second kappa shape index (κ2) is 14.8. The Morgan fingerprint density at radius 1 is 0.936 bits per heavy atom. The Hall–Kier alpha value is -3.34. The van der Waals surface area contributed by atoms with Crippen molar-refractivity contribution in [3.05, 3.63) is 58.1 Å². The van der Waals surface area contributed by atoms with Crippen LogP contribution in [-0.2, 0) is 22.6 Å². The number of para-hydroxylation sites is 1. The van der Waals surface area contributed by atoms with Crippen LogP contribution in [0, 0.1) is 12.8 Å². The fraction of sp³-hybridized carbons (Fsp3) is 0.583. The maximum absolute atomic E-state index is 14.2. The molecule has 0 unspecified atom stereocenters. The summed E-state index contributed by atoms with van der Waals surface area (Å²) in [4.78, 5) is 51.6. The molecule has 2 aromatic carbocycles. The Labute approximate surface area is 284 Å². The number of nitrogens with zero attached hydrogens (tertiary/aromatic N) is 5. The standard InChI is InChI=1S/C36H50ClN7O3/c1-25-20-26(22-31(37)34(25)38)21-28(35(46)43-16-8-29(9-17-43)41-13-5-12-40(2)18-19-41)23-33(45)42-14-10-30(11-15-42)44-24-27-6-3-4-7-32(27)39-36(44)47/h3-4,6-7,20,22,28-30H,5,8-19,21,23-24,38H2,1-2H3,(H,39,47)/t28-/m0/s1. The number of aryl methyl sites for hydroxylation is 1. The second-order valence-electron chi connectivity index (χ2n) is 14.0. The van der Waals surface area contributed by atoms with Crippen LogP contribution in [0.5, 0.6) is 0 Å². The van der Waals surface area contributed by atoms with Crippen molar-refractivity contribution in [2.24, 2.45) is 5.92 Å². The lowest BCUT2D eigenvalue weighted by atomic mass is 9.91. The predicted molar refractivity (Wildman–Crippen MR) is 186 cm³/mol. The quantitative estimate of drug-likeness (QED) is 0.425. The van der Waals surface area contributed by atoms with Crippen molar-refractivity contribution in [1.82, 2.24) is 24.5 Å². The van der Waals surface area contributed by atoms with Crippen LogP contribution in [0.2, 0.25) is 5.02 Å². The molecule has 10 nitrogen and oxygen atoms in total. The second-order valence-corrected chi connectivity index (χ2v) is 14.4. The molecular formula is C36H50ClN7O3. The Morgan fingerprint density at radius 3 is 2.38 bits per heavy atom. The molecule has 0 bridgehead atoms. The number of amides is 4. The zero-order valence-corrected chi connectivity index (χ0v) is 28.7. The number of urea groups is 1. The fourth-order valence-corrected chi connectivity index (χ4v) is 8.19. The van der Waals surface area contributed by atoms with Gasteiger partial charge in [0.25, 0.3) is 0 Å². The highest BCUT2D eigenvalue weighted by molar-refractivity contribution is 6.33. The van der Waals surface area contributed by atoms with E-state index in [1.807, 2.05) is 58.0 Å². The van der Waals surface area contributed by atoms with Gasteiger partial charge >= 0.3 is 6.03 Å². The number of hydrogen-bond acceptors (Lipinski definition) is 6. The summed E-state index contributed by atoms with van der Waals surface area (Å²) in [6.45, 7) is 9.48. The van der Waals surface area contributed by atoms with Gasteiger partial charge in [-0.3, -0.25) is 14.5 Å². The number of likely N-dealkylation sites (tertiary alicyclic amines) is 2. The molecule has 1 atom stereocenters. The first-order valence-corrected chi connectivity index (χ1v) is 17.7. The van der Waals surface area contributed by atoms with Crippen LogP contribution < -0.4 is 11.1 Å². The fourth-order valence-electron chi connectivity index (χ4n) is 7.90. The largest absolute Gasteiger partial charge is 0.397 e. The van der Waals surface area contributed by atoms with Crippen LogP contribution in [0.3, 0.4) is 0 Å². The molecular weight excluding hydrogens is 614 g/mol. The summed E-state index contributed by atoms with van der Waals surface area (Å²) in [7, 11) is 2.19. The molecule has 11 heteroatoms. The zero-order chi connectivity index (χ0) is 33.1. The number of nitrogens with two attached hydrogens (primary N) is 1. The van der Waals surface area contributed by atoms with E-state index < -0.39 is 5.92 Å². The molecule has 3 saturated heterocycles. The molecule has 4 aliphatic rings. The third kappa shape index (κ3) is 7.87. The van der Waals surface area contributed by atoms with E-state index in [-0.39, 0.29) is 30.3 Å². The van der Waals surface area contributed by atoms with Gasteiger partial charge in [-0.15, -0.1) is 0 Å². The molecule has 3 N–H and O–H groups in total. The summed E-state index contributed by atoms with van der Waals surface area (Å²) >= 11 is 6.45. The van der Waals surface area contributed by atoms with E-state index >= 15 is 0 Å². The van der Waals surface area contributed by atoms with Crippen molar-refractivity contribution in [2.45, 2.75) is 70.5 Å². The topological polar surface area (TPSA) is 105 Å². The van der Waals surface area contributed by atoms with E-state index in [1.165, 1.54) is 6.42 Å². The first kappa shape index (κ1) is 33.6. The number of anilines is 2. The molecule has 0 aromatic heterocycles. The number of nitrogen functional groups attached to an aromatic ring is 1. The average Bonchev–Trinajstić information content (AvgIpc) is 3.30. The number of nitrogens with one attached hydrogen (secondary N) is 1. The van der Waals surface area contributed by atoms with Crippen LogP contribution >= 0.6 is 11.6 Å². The molecule has 4 heterocycles. The van der Waals surface area contributed by atoms with Gasteiger partial charge in [0.2, 0.25) is 11.8 Å². The Morgan fingerprint density at radius 2 is 1.64 bits per heavy atom. The molecule has 2 aromatic rings. The average molecular weight is 664 g/mol. The first-order valence-electron chi connectivity index (χ1n) is 17.4. The Kier molecular flexibility index (Phi) is 10.6. The van der Waals surface area contributed by atoms with Crippen molar-refractivity contribution in [2.75, 3.05) is 70.5 Å². The van der Waals surface area contributed by atoms with Crippen molar-refractivity contribution in [3.63, 3.8) is 0 Å². The third-order valence-corrected chi connectivity index (χ3v) is 11.1. The van der Waals surface area contributed by atoms with Crippen LogP contribution in [0.25, 0.3) is 0 Å². The molecule has 254 valence electrons. The van der Waals surface area contributed by atoms with Gasteiger partial charge in [0.05, 0.1) is 16.6 Å². The van der Waals surface area contributed by atoms with Crippen LogP contribution in [0.1, 0.15) is 55.2 Å². The molecule has 0 saturated carbocycles. The molecule has 47 heavy (non-hydrogen) atoms. The first-order chi connectivity index (χ1) is 22.7. The summed E-state index contributed by atoms with van der Waals surface area (Å²) in [5.41, 5.74) is 10.4. The lowest BCUT2D eigenvalue weighted by molar-refractivity contribution is -0.143. The smallest absolute Gasteiger partial charge is 0.322 e. The zero-order valence-electron chi connectivity index (χ0n) is 27.9. The van der Waals surface area contributed by atoms with Crippen molar-refractivity contribution >= 4 is 40.8 Å². The van der Waals surface area contributed by atoms with Gasteiger partial charge in [0.15, 0.2) is 0 Å². The SMILES string of the molecule is Cc1cc(C[C@@H](CC(=O)N2CCC(N3Cc4ccccc4NC3=O)CC2)C(=O)N2CCC(N3CCCN(C)CC3)CC2)cc(Cl)c1N. The van der Waals surface area contributed by atoms with Gasteiger partial charge in [0.1, 0.15) is 0 Å². The van der Waals surface area contributed by atoms with Crippen LogP contribution in [-0.4, -0.2) is 114 Å². The number of carbonyl (C=O) groups is 3. The van der Waals surface area contributed by atoms with Gasteiger partial charge < -0.3 is 30.7 Å².